The topological polar surface area (TPSA) is 75.6 Å². The van der Waals surface area contributed by atoms with Crippen molar-refractivity contribution < 1.29 is 19.4 Å². The molecule has 0 spiro atoms. The van der Waals surface area contributed by atoms with Crippen molar-refractivity contribution in [3.8, 4) is 11.1 Å². The van der Waals surface area contributed by atoms with Gasteiger partial charge in [-0.3, -0.25) is 4.79 Å². The van der Waals surface area contributed by atoms with Gasteiger partial charge in [0, 0.05) is 12.2 Å². The summed E-state index contributed by atoms with van der Waals surface area (Å²) in [6.45, 7) is 5.56. The molecule has 2 aromatic carbocycles. The van der Waals surface area contributed by atoms with Crippen molar-refractivity contribution >= 4 is 42.5 Å². The van der Waals surface area contributed by atoms with Gasteiger partial charge in [-0.15, -0.1) is 0 Å². The monoisotopic (exact) mass is 561 g/mol. The van der Waals surface area contributed by atoms with Crippen LogP contribution in [0.25, 0.3) is 11.1 Å². The molecule has 40 heavy (non-hydrogen) atoms. The second-order valence-electron chi connectivity index (χ2n) is 11.1. The summed E-state index contributed by atoms with van der Waals surface area (Å²) in [6.07, 6.45) is 14.1. The molecule has 0 heterocycles. The van der Waals surface area contributed by atoms with E-state index in [2.05, 4.69) is 12.2 Å². The van der Waals surface area contributed by atoms with Gasteiger partial charge in [-0.05, 0) is 84.4 Å². The van der Waals surface area contributed by atoms with Crippen molar-refractivity contribution in [3.05, 3.63) is 59.2 Å². The first-order valence-corrected chi connectivity index (χ1v) is 16.1. The minimum absolute atomic E-state index is 0. The quantitative estimate of drug-likeness (QED) is 0.211. The number of carboxylic acid groups (broad SMARTS) is 1. The zero-order chi connectivity index (χ0) is 28.0. The third-order valence-electron chi connectivity index (χ3n) is 7.96. The second-order valence-corrected chi connectivity index (χ2v) is 12.1. The van der Waals surface area contributed by atoms with Crippen LogP contribution >= 0.6 is 11.8 Å². The number of nitrogens with one attached hydrogen (secondary N) is 1. The van der Waals surface area contributed by atoms with E-state index in [0.29, 0.717) is 30.3 Å². The number of benzene rings is 2. The van der Waals surface area contributed by atoms with E-state index in [9.17, 15) is 14.7 Å². The standard InChI is InChI=1S/C33H47NO4S.Li.H/c1-4-5-12-26(20-25-13-7-6-8-14-25)22-38-23-27-16-17-29(30(21-27)28-15-10-9-11-24(28)2)32(35)34-31(33(36)37)18-19-39-3;;/h9-11,15-17,21,25-26,31H,4-8,12-14,18-20,22-23H2,1-3H3,(H,34,35)(H,36,37);;/t26?,31-;;/m0../s1. The van der Waals surface area contributed by atoms with E-state index in [4.69, 9.17) is 4.74 Å². The number of ether oxygens (including phenoxy) is 1. The van der Waals surface area contributed by atoms with E-state index >= 15 is 0 Å². The van der Waals surface area contributed by atoms with Gasteiger partial charge < -0.3 is 15.2 Å². The van der Waals surface area contributed by atoms with Crippen LogP contribution in [0, 0.1) is 18.8 Å². The fourth-order valence-corrected chi connectivity index (χ4v) is 6.18. The number of aryl methyl sites for hydroxylation is 1. The molecule has 0 saturated heterocycles. The number of hydrogen-bond acceptors (Lipinski definition) is 4. The molecule has 3 rings (SSSR count). The zero-order valence-corrected chi connectivity index (χ0v) is 24.9. The molecule has 0 bridgehead atoms. The van der Waals surface area contributed by atoms with Crippen LogP contribution in [-0.4, -0.2) is 60.5 Å². The molecule has 0 radical (unpaired) electrons. The maximum atomic E-state index is 13.3. The maximum absolute atomic E-state index is 13.3. The molecule has 2 atom stereocenters. The zero-order valence-electron chi connectivity index (χ0n) is 24.0. The molecule has 1 aliphatic carbocycles. The van der Waals surface area contributed by atoms with Crippen molar-refractivity contribution in [2.24, 2.45) is 11.8 Å². The molecule has 7 heteroatoms. The SMILES string of the molecule is CCCCC(COCc1ccc(C(=O)N[C@@H](CCSC)C(=O)O)c(-c2ccccc2C)c1)CC1CCCCC1.[LiH]. The molecule has 0 aliphatic heterocycles. The third kappa shape index (κ3) is 10.9. The summed E-state index contributed by atoms with van der Waals surface area (Å²) in [6, 6.07) is 12.9. The van der Waals surface area contributed by atoms with Crippen molar-refractivity contribution in [1.29, 1.82) is 0 Å². The summed E-state index contributed by atoms with van der Waals surface area (Å²) in [5, 5.41) is 12.4. The Hall–Kier alpha value is -1.71. The summed E-state index contributed by atoms with van der Waals surface area (Å²) < 4.78 is 6.30. The molecule has 216 valence electrons. The van der Waals surface area contributed by atoms with Crippen LogP contribution in [0.3, 0.4) is 0 Å². The summed E-state index contributed by atoms with van der Waals surface area (Å²) >= 11 is 1.57. The van der Waals surface area contributed by atoms with Crippen LogP contribution < -0.4 is 5.32 Å². The Bertz CT molecular complexity index is 1060. The number of thioether (sulfide) groups is 1. The molecular formula is C33H48LiNO4S. The number of carbonyl (C=O) groups excluding carboxylic acids is 1. The van der Waals surface area contributed by atoms with Crippen LogP contribution in [-0.2, 0) is 16.1 Å². The molecule has 1 amide bonds. The van der Waals surface area contributed by atoms with Gasteiger partial charge in [0.05, 0.1) is 6.61 Å². The average Bonchev–Trinajstić information content (AvgIpc) is 2.94. The number of carboxylic acids is 1. The average molecular weight is 562 g/mol. The van der Waals surface area contributed by atoms with Gasteiger partial charge in [0.15, 0.2) is 0 Å². The number of hydrogen-bond donors (Lipinski definition) is 2. The Morgan fingerprint density at radius 3 is 2.50 bits per heavy atom. The van der Waals surface area contributed by atoms with Gasteiger partial charge in [-0.25, -0.2) is 4.79 Å². The fraction of sp³-hybridized carbons (Fsp3) is 0.576. The van der Waals surface area contributed by atoms with Crippen LogP contribution in [0.4, 0.5) is 0 Å². The Morgan fingerprint density at radius 1 is 1.07 bits per heavy atom. The van der Waals surface area contributed by atoms with E-state index in [1.54, 1.807) is 11.8 Å². The molecule has 0 aromatic heterocycles. The second kappa shape index (κ2) is 18.7. The molecule has 1 fully saturated rings. The predicted molar refractivity (Wildman–Crippen MR) is 170 cm³/mol. The summed E-state index contributed by atoms with van der Waals surface area (Å²) in [5.74, 6) is 0.744. The summed E-state index contributed by atoms with van der Waals surface area (Å²) in [5.41, 5.74) is 4.36. The molecular weight excluding hydrogens is 513 g/mol. The van der Waals surface area contributed by atoms with Gasteiger partial charge in [-0.2, -0.15) is 11.8 Å². The van der Waals surface area contributed by atoms with Gasteiger partial charge >= 0.3 is 24.8 Å². The minimum atomic E-state index is -1.01. The van der Waals surface area contributed by atoms with Gasteiger partial charge in [0.25, 0.3) is 5.91 Å². The normalized spacial score (nSPS) is 15.2. The van der Waals surface area contributed by atoms with E-state index in [1.807, 2.05) is 55.6 Å². The van der Waals surface area contributed by atoms with Crippen molar-refractivity contribution in [2.75, 3.05) is 18.6 Å². The Kier molecular flexibility index (Phi) is 16.1. The Balaban J connectivity index is 0.00000560. The van der Waals surface area contributed by atoms with Crippen molar-refractivity contribution in [2.45, 2.75) is 90.7 Å². The molecule has 5 nitrogen and oxygen atoms in total. The predicted octanol–water partition coefficient (Wildman–Crippen LogP) is 7.24. The van der Waals surface area contributed by atoms with E-state index in [1.165, 1.54) is 57.8 Å². The molecule has 2 N–H and O–H groups in total. The van der Waals surface area contributed by atoms with Crippen LogP contribution in [0.2, 0.25) is 0 Å². The number of amides is 1. The summed E-state index contributed by atoms with van der Waals surface area (Å²) in [7, 11) is 0. The first-order chi connectivity index (χ1) is 18.9. The molecule has 1 aliphatic rings. The molecule has 1 saturated carbocycles. The number of unbranched alkanes of at least 4 members (excludes halogenated alkanes) is 1. The number of rotatable bonds is 16. The first-order valence-electron chi connectivity index (χ1n) is 14.7. The summed E-state index contributed by atoms with van der Waals surface area (Å²) in [4.78, 5) is 25.1. The number of carbonyl (C=O) groups is 2. The first kappa shape index (κ1) is 34.5. The van der Waals surface area contributed by atoms with Gasteiger partial charge in [0.1, 0.15) is 6.04 Å². The van der Waals surface area contributed by atoms with Crippen molar-refractivity contribution in [3.63, 3.8) is 0 Å². The van der Waals surface area contributed by atoms with E-state index in [-0.39, 0.29) is 24.8 Å². The fourth-order valence-electron chi connectivity index (χ4n) is 5.71. The van der Waals surface area contributed by atoms with Crippen LogP contribution in [0.5, 0.6) is 0 Å². The Morgan fingerprint density at radius 2 is 1.82 bits per heavy atom. The van der Waals surface area contributed by atoms with Gasteiger partial charge in [0.2, 0.25) is 0 Å². The van der Waals surface area contributed by atoms with Crippen LogP contribution in [0.1, 0.15) is 92.6 Å². The third-order valence-corrected chi connectivity index (χ3v) is 8.60. The molecule has 2 aromatic rings. The Labute approximate surface area is 257 Å². The molecule has 1 unspecified atom stereocenters. The number of aliphatic carboxylic acids is 1. The van der Waals surface area contributed by atoms with Crippen LogP contribution in [0.15, 0.2) is 42.5 Å². The van der Waals surface area contributed by atoms with E-state index < -0.39 is 12.0 Å². The van der Waals surface area contributed by atoms with E-state index in [0.717, 1.165) is 34.8 Å². The van der Waals surface area contributed by atoms with Gasteiger partial charge in [-0.1, -0.05) is 82.2 Å². The van der Waals surface area contributed by atoms with Crippen molar-refractivity contribution in [1.82, 2.24) is 5.32 Å².